The number of aryl methyl sites for hydroxylation is 2. The highest BCUT2D eigenvalue weighted by atomic mass is 35.5. The summed E-state index contributed by atoms with van der Waals surface area (Å²) < 4.78 is 39.5. The molecule has 1 aliphatic rings. The number of nitrogens with one attached hydrogen (secondary N) is 1. The second-order valence-electron chi connectivity index (χ2n) is 6.93. The van der Waals surface area contributed by atoms with Gasteiger partial charge in [0.15, 0.2) is 0 Å². The molecule has 1 N–H and O–H groups in total. The Hall–Kier alpha value is -1.99. The molecular weight excluding hydrogens is 379 g/mol. The molecule has 1 atom stereocenters. The molecule has 146 valence electrons. The van der Waals surface area contributed by atoms with Gasteiger partial charge >= 0.3 is 6.18 Å². The van der Waals surface area contributed by atoms with Crippen molar-refractivity contribution in [3.63, 3.8) is 0 Å². The van der Waals surface area contributed by atoms with Gasteiger partial charge in [-0.05, 0) is 50.6 Å². The first-order chi connectivity index (χ1) is 12.6. The van der Waals surface area contributed by atoms with E-state index in [2.05, 4.69) is 5.32 Å². The largest absolute Gasteiger partial charge is 0.401 e. The fourth-order valence-corrected chi connectivity index (χ4v) is 3.72. The van der Waals surface area contributed by atoms with Gasteiger partial charge in [-0.1, -0.05) is 11.6 Å². The van der Waals surface area contributed by atoms with Crippen molar-refractivity contribution in [1.29, 1.82) is 0 Å². The molecule has 0 bridgehead atoms. The normalized spacial score (nSPS) is 18.1. The van der Waals surface area contributed by atoms with E-state index in [9.17, 15) is 18.0 Å². The van der Waals surface area contributed by atoms with E-state index in [0.29, 0.717) is 23.6 Å². The van der Waals surface area contributed by atoms with Crippen molar-refractivity contribution in [2.75, 3.05) is 19.6 Å². The minimum atomic E-state index is -4.23. The molecule has 1 amide bonds. The first-order valence-electron chi connectivity index (χ1n) is 8.69. The average Bonchev–Trinajstić information content (AvgIpc) is 3.13. The van der Waals surface area contributed by atoms with Crippen LogP contribution in [-0.4, -0.2) is 47.2 Å². The van der Waals surface area contributed by atoms with E-state index in [1.54, 1.807) is 12.1 Å². The predicted molar refractivity (Wildman–Crippen MR) is 98.6 cm³/mol. The number of rotatable bonds is 4. The molecule has 1 fully saturated rings. The second kappa shape index (κ2) is 7.56. The van der Waals surface area contributed by atoms with Gasteiger partial charge in [-0.15, -0.1) is 0 Å². The van der Waals surface area contributed by atoms with Crippen LogP contribution in [0, 0.1) is 13.8 Å². The molecule has 0 radical (unpaired) electrons. The third-order valence-electron chi connectivity index (χ3n) is 4.73. The monoisotopic (exact) mass is 399 g/mol. The van der Waals surface area contributed by atoms with E-state index in [4.69, 9.17) is 11.6 Å². The van der Waals surface area contributed by atoms with Crippen molar-refractivity contribution in [3.8, 4) is 5.69 Å². The highest BCUT2D eigenvalue weighted by molar-refractivity contribution is 6.33. The van der Waals surface area contributed by atoms with Crippen LogP contribution in [-0.2, 0) is 0 Å². The lowest BCUT2D eigenvalue weighted by atomic mass is 10.1. The standard InChI is InChI=1S/C19H21ClF3N3O/c1-12-3-4-13(2)26(12)15-5-6-17(20)16(9-15)18(27)24-14-7-8-25(10-14)11-19(21,22)23/h3-6,9,14H,7-8,10-11H2,1-2H3,(H,24,27)/t14-/m1/s1. The molecule has 2 heterocycles. The molecule has 0 aliphatic carbocycles. The fraction of sp³-hybridized carbons (Fsp3) is 0.421. The van der Waals surface area contributed by atoms with E-state index < -0.39 is 12.7 Å². The number of amides is 1. The summed E-state index contributed by atoms with van der Waals surface area (Å²) in [5.41, 5.74) is 3.19. The van der Waals surface area contributed by atoms with Crippen molar-refractivity contribution in [1.82, 2.24) is 14.8 Å². The molecule has 1 aromatic heterocycles. The fourth-order valence-electron chi connectivity index (χ4n) is 3.51. The zero-order chi connectivity index (χ0) is 19.8. The first-order valence-corrected chi connectivity index (χ1v) is 9.06. The topological polar surface area (TPSA) is 37.3 Å². The van der Waals surface area contributed by atoms with Gasteiger partial charge in [-0.25, -0.2) is 0 Å². The lowest BCUT2D eigenvalue weighted by Crippen LogP contribution is -2.39. The SMILES string of the molecule is Cc1ccc(C)n1-c1ccc(Cl)c(C(=O)N[C@@H]2CCN(CC(F)(F)F)C2)c1. The number of likely N-dealkylation sites (tertiary alicyclic amines) is 1. The number of hydrogen-bond donors (Lipinski definition) is 1. The van der Waals surface area contributed by atoms with Crippen LogP contribution in [0.15, 0.2) is 30.3 Å². The Morgan fingerprint density at radius 2 is 1.89 bits per heavy atom. The summed E-state index contributed by atoms with van der Waals surface area (Å²) in [4.78, 5) is 14.0. The van der Waals surface area contributed by atoms with Crippen molar-refractivity contribution >= 4 is 17.5 Å². The third kappa shape index (κ3) is 4.65. The van der Waals surface area contributed by atoms with E-state index >= 15 is 0 Å². The molecular formula is C19H21ClF3N3O. The maximum Gasteiger partial charge on any atom is 0.401 e. The highest BCUT2D eigenvalue weighted by Gasteiger charge is 2.34. The van der Waals surface area contributed by atoms with Crippen LogP contribution in [0.4, 0.5) is 13.2 Å². The van der Waals surface area contributed by atoms with Crippen LogP contribution in [0.5, 0.6) is 0 Å². The van der Waals surface area contributed by atoms with E-state index in [-0.39, 0.29) is 18.5 Å². The smallest absolute Gasteiger partial charge is 0.348 e. The number of aromatic nitrogens is 1. The minimum Gasteiger partial charge on any atom is -0.348 e. The Bertz CT molecular complexity index is 828. The van der Waals surface area contributed by atoms with Crippen molar-refractivity contribution in [3.05, 3.63) is 52.3 Å². The Labute approximate surface area is 160 Å². The molecule has 27 heavy (non-hydrogen) atoms. The maximum absolute atomic E-state index is 12.7. The summed E-state index contributed by atoms with van der Waals surface area (Å²) in [5.74, 6) is -0.372. The molecule has 1 saturated heterocycles. The van der Waals surface area contributed by atoms with Crippen molar-refractivity contribution < 1.29 is 18.0 Å². The number of carbonyl (C=O) groups excluding carboxylic acids is 1. The number of benzene rings is 1. The predicted octanol–water partition coefficient (Wildman–Crippen LogP) is 4.11. The molecule has 1 aromatic carbocycles. The number of halogens is 4. The summed E-state index contributed by atoms with van der Waals surface area (Å²) in [6.45, 7) is 3.46. The van der Waals surface area contributed by atoms with Crippen LogP contribution >= 0.6 is 11.6 Å². The molecule has 0 spiro atoms. The summed E-state index contributed by atoms with van der Waals surface area (Å²) in [5, 5.41) is 3.12. The highest BCUT2D eigenvalue weighted by Crippen LogP contribution is 2.24. The zero-order valence-corrected chi connectivity index (χ0v) is 15.9. The van der Waals surface area contributed by atoms with Gasteiger partial charge < -0.3 is 9.88 Å². The van der Waals surface area contributed by atoms with Gasteiger partial charge in [0.25, 0.3) is 5.91 Å². The van der Waals surface area contributed by atoms with Crippen LogP contribution in [0.2, 0.25) is 5.02 Å². The Kier molecular flexibility index (Phi) is 5.53. The first kappa shape index (κ1) is 19.8. The van der Waals surface area contributed by atoms with Gasteiger partial charge in [0, 0.05) is 36.2 Å². The summed E-state index contributed by atoms with van der Waals surface area (Å²) in [6.07, 6.45) is -3.75. The van der Waals surface area contributed by atoms with E-state index in [1.165, 1.54) is 4.90 Å². The quantitative estimate of drug-likeness (QED) is 0.840. The number of alkyl halides is 3. The molecule has 4 nitrogen and oxygen atoms in total. The number of carbonyl (C=O) groups is 1. The lowest BCUT2D eigenvalue weighted by Gasteiger charge is -2.18. The Morgan fingerprint density at radius 1 is 1.22 bits per heavy atom. The maximum atomic E-state index is 12.7. The Morgan fingerprint density at radius 3 is 2.52 bits per heavy atom. The number of hydrogen-bond acceptors (Lipinski definition) is 2. The third-order valence-corrected chi connectivity index (χ3v) is 5.06. The average molecular weight is 400 g/mol. The summed E-state index contributed by atoms with van der Waals surface area (Å²) >= 11 is 6.20. The van der Waals surface area contributed by atoms with Crippen molar-refractivity contribution in [2.45, 2.75) is 32.5 Å². The van der Waals surface area contributed by atoms with Crippen LogP contribution < -0.4 is 5.32 Å². The molecule has 2 aromatic rings. The zero-order valence-electron chi connectivity index (χ0n) is 15.1. The van der Waals surface area contributed by atoms with Gasteiger partial charge in [0.05, 0.1) is 17.1 Å². The number of nitrogens with zero attached hydrogens (tertiary/aromatic N) is 2. The van der Waals surface area contributed by atoms with Crippen LogP contribution in [0.1, 0.15) is 28.2 Å². The van der Waals surface area contributed by atoms with Crippen LogP contribution in [0.3, 0.4) is 0 Å². The lowest BCUT2D eigenvalue weighted by molar-refractivity contribution is -0.143. The minimum absolute atomic E-state index is 0.179. The van der Waals surface area contributed by atoms with Crippen LogP contribution in [0.25, 0.3) is 5.69 Å². The molecule has 0 unspecified atom stereocenters. The second-order valence-corrected chi connectivity index (χ2v) is 7.33. The van der Waals surface area contributed by atoms with Gasteiger partial charge in [0.1, 0.15) is 0 Å². The van der Waals surface area contributed by atoms with Gasteiger partial charge in [0.2, 0.25) is 0 Å². The molecule has 3 rings (SSSR count). The van der Waals surface area contributed by atoms with E-state index in [0.717, 1.165) is 17.1 Å². The molecule has 8 heteroatoms. The van der Waals surface area contributed by atoms with Gasteiger partial charge in [-0.3, -0.25) is 9.69 Å². The van der Waals surface area contributed by atoms with E-state index in [1.807, 2.05) is 36.6 Å². The molecule has 1 aliphatic heterocycles. The van der Waals surface area contributed by atoms with Gasteiger partial charge in [-0.2, -0.15) is 13.2 Å². The summed E-state index contributed by atoms with van der Waals surface area (Å²) in [6, 6.07) is 8.85. The Balaban J connectivity index is 1.73. The van der Waals surface area contributed by atoms with Crippen molar-refractivity contribution in [2.24, 2.45) is 0 Å². The summed E-state index contributed by atoms with van der Waals surface area (Å²) in [7, 11) is 0. The molecule has 0 saturated carbocycles.